The number of piperazine rings is 1. The molecule has 0 spiro atoms. The lowest BCUT2D eigenvalue weighted by Gasteiger charge is -2.36. The number of benzene rings is 1. The fourth-order valence-corrected chi connectivity index (χ4v) is 2.96. The number of urea groups is 1. The molecule has 5 nitrogen and oxygen atoms in total. The van der Waals surface area contributed by atoms with E-state index in [0.29, 0.717) is 31.6 Å². The quantitative estimate of drug-likeness (QED) is 0.837. The predicted molar refractivity (Wildman–Crippen MR) is 79.6 cm³/mol. The second-order valence-corrected chi connectivity index (χ2v) is 6.27. The third kappa shape index (κ3) is 3.17. The fraction of sp³-hybridized carbons (Fsp3) is 0.500. The van der Waals surface area contributed by atoms with Gasteiger partial charge in [-0.2, -0.15) is 5.26 Å². The van der Waals surface area contributed by atoms with E-state index in [4.69, 9.17) is 5.26 Å². The summed E-state index contributed by atoms with van der Waals surface area (Å²) in [5.74, 6) is -4.16. The van der Waals surface area contributed by atoms with Crippen molar-refractivity contribution in [2.24, 2.45) is 0 Å². The largest absolute Gasteiger partial charge is 0.335 e. The molecule has 0 bridgehead atoms. The maximum Gasteiger partial charge on any atom is 0.317 e. The van der Waals surface area contributed by atoms with E-state index >= 15 is 0 Å². The molecule has 1 saturated carbocycles. The van der Waals surface area contributed by atoms with E-state index in [9.17, 15) is 18.0 Å². The Hall–Kier alpha value is -2.27. The van der Waals surface area contributed by atoms with Gasteiger partial charge in [0, 0.05) is 25.0 Å². The highest BCUT2D eigenvalue weighted by molar-refractivity contribution is 5.75. The highest BCUT2D eigenvalue weighted by Gasteiger charge is 2.41. The molecule has 1 aromatic carbocycles. The zero-order valence-electron chi connectivity index (χ0n) is 13.1. The maximum atomic E-state index is 13.3. The molecule has 8 heteroatoms. The number of hydrogen-bond acceptors (Lipinski definition) is 3. The van der Waals surface area contributed by atoms with Crippen LogP contribution in [0.25, 0.3) is 0 Å². The molecule has 1 saturated heterocycles. The third-order valence-electron chi connectivity index (χ3n) is 4.62. The van der Waals surface area contributed by atoms with Crippen LogP contribution in [-0.4, -0.2) is 54.6 Å². The van der Waals surface area contributed by atoms with Gasteiger partial charge in [-0.15, -0.1) is 0 Å². The number of halogens is 3. The van der Waals surface area contributed by atoms with Crippen LogP contribution in [0.4, 0.5) is 18.0 Å². The highest BCUT2D eigenvalue weighted by atomic mass is 19.2. The van der Waals surface area contributed by atoms with Crippen molar-refractivity contribution in [2.75, 3.05) is 26.7 Å². The van der Waals surface area contributed by atoms with Crippen LogP contribution in [0.5, 0.6) is 0 Å². The molecule has 2 fully saturated rings. The van der Waals surface area contributed by atoms with Gasteiger partial charge in [0.05, 0.1) is 12.6 Å². The van der Waals surface area contributed by atoms with Gasteiger partial charge >= 0.3 is 6.03 Å². The molecule has 0 radical (unpaired) electrons. The minimum Gasteiger partial charge on any atom is -0.335 e. The van der Waals surface area contributed by atoms with E-state index in [1.165, 1.54) is 0 Å². The topological polar surface area (TPSA) is 59.4 Å². The molecule has 2 amide bonds. The van der Waals surface area contributed by atoms with Crippen LogP contribution in [-0.2, 0) is 0 Å². The summed E-state index contributed by atoms with van der Waals surface area (Å²) in [5.41, 5.74) is 0.338. The predicted octanol–water partition coefficient (Wildman–Crippen LogP) is 1.81. The Balaban J connectivity index is 1.59. The molecular formula is C16H17F3N4O. The molecule has 0 aromatic heterocycles. The lowest BCUT2D eigenvalue weighted by Crippen LogP contribution is -2.55. The summed E-state index contributed by atoms with van der Waals surface area (Å²) >= 11 is 0. The van der Waals surface area contributed by atoms with Gasteiger partial charge in [-0.1, -0.05) is 0 Å². The van der Waals surface area contributed by atoms with Crippen molar-refractivity contribution in [3.8, 4) is 6.07 Å². The van der Waals surface area contributed by atoms with E-state index in [1.54, 1.807) is 4.90 Å². The van der Waals surface area contributed by atoms with Crippen LogP contribution < -0.4 is 5.32 Å². The second kappa shape index (κ2) is 6.32. The SMILES string of the molecule is CN1CCN(C(=O)N[C@@H]2C[C@H]2c2cc(F)c(F)c(F)c2)C[C@@H]1C#N. The number of likely N-dealkylation sites (N-methyl/N-ethyl adjacent to an activating group) is 1. The van der Waals surface area contributed by atoms with Crippen molar-refractivity contribution in [1.29, 1.82) is 5.26 Å². The van der Waals surface area contributed by atoms with E-state index in [2.05, 4.69) is 11.4 Å². The highest BCUT2D eigenvalue weighted by Crippen LogP contribution is 2.41. The summed E-state index contributed by atoms with van der Waals surface area (Å²) < 4.78 is 39.6. The van der Waals surface area contributed by atoms with E-state index < -0.39 is 17.5 Å². The van der Waals surface area contributed by atoms with Crippen molar-refractivity contribution >= 4 is 6.03 Å². The summed E-state index contributed by atoms with van der Waals surface area (Å²) in [6.07, 6.45) is 0.547. The zero-order valence-corrected chi connectivity index (χ0v) is 13.1. The Bertz CT molecular complexity index is 682. The van der Waals surface area contributed by atoms with E-state index in [-0.39, 0.29) is 24.0 Å². The Morgan fingerprint density at radius 3 is 2.58 bits per heavy atom. The minimum atomic E-state index is -1.49. The fourth-order valence-electron chi connectivity index (χ4n) is 2.96. The summed E-state index contributed by atoms with van der Waals surface area (Å²) in [6.45, 7) is 1.43. The number of hydrogen-bond donors (Lipinski definition) is 1. The number of nitriles is 1. The summed E-state index contributed by atoms with van der Waals surface area (Å²) in [7, 11) is 1.83. The van der Waals surface area contributed by atoms with Gasteiger partial charge < -0.3 is 10.2 Å². The van der Waals surface area contributed by atoms with E-state index in [1.807, 2.05) is 11.9 Å². The standard InChI is InChI=1S/C16H17F3N4O/c1-22-2-3-23(8-10(22)7-20)16(24)21-14-6-11(14)9-4-12(17)15(19)13(18)5-9/h4-5,10-11,14H,2-3,6,8H2,1H3,(H,21,24)/t10-,11-,14+/m0/s1. The number of rotatable bonds is 2. The minimum absolute atomic E-state index is 0.224. The first-order valence-electron chi connectivity index (χ1n) is 7.70. The lowest BCUT2D eigenvalue weighted by atomic mass is 10.1. The molecule has 1 aliphatic carbocycles. The molecule has 2 aliphatic rings. The Kier molecular flexibility index (Phi) is 4.37. The zero-order chi connectivity index (χ0) is 17.4. The Morgan fingerprint density at radius 2 is 1.96 bits per heavy atom. The molecule has 1 aliphatic heterocycles. The molecule has 24 heavy (non-hydrogen) atoms. The summed E-state index contributed by atoms with van der Waals surface area (Å²) in [5, 5.41) is 11.9. The molecule has 1 N–H and O–H groups in total. The molecule has 3 atom stereocenters. The maximum absolute atomic E-state index is 13.3. The average Bonchev–Trinajstić information content (AvgIpc) is 3.31. The third-order valence-corrected chi connectivity index (χ3v) is 4.62. The molecule has 3 rings (SSSR count). The van der Waals surface area contributed by atoms with Crippen molar-refractivity contribution < 1.29 is 18.0 Å². The van der Waals surface area contributed by atoms with Crippen molar-refractivity contribution in [2.45, 2.75) is 24.4 Å². The van der Waals surface area contributed by atoms with Crippen molar-refractivity contribution in [3.05, 3.63) is 35.1 Å². The van der Waals surface area contributed by atoms with Gasteiger partial charge in [-0.05, 0) is 31.2 Å². The van der Waals surface area contributed by atoms with Crippen molar-refractivity contribution in [3.63, 3.8) is 0 Å². The first kappa shape index (κ1) is 16.6. The van der Waals surface area contributed by atoms with E-state index in [0.717, 1.165) is 12.1 Å². The summed E-state index contributed by atoms with van der Waals surface area (Å²) in [4.78, 5) is 15.7. The number of carbonyl (C=O) groups is 1. The molecule has 1 aromatic rings. The van der Waals surface area contributed by atoms with Gasteiger partial charge in [0.25, 0.3) is 0 Å². The Morgan fingerprint density at radius 1 is 1.29 bits per heavy atom. The number of amides is 2. The van der Waals surface area contributed by atoms with Gasteiger partial charge in [-0.25, -0.2) is 18.0 Å². The summed E-state index contributed by atoms with van der Waals surface area (Å²) in [6, 6.07) is 3.21. The smallest absolute Gasteiger partial charge is 0.317 e. The number of carbonyl (C=O) groups excluding carboxylic acids is 1. The van der Waals surface area contributed by atoms with Crippen LogP contribution in [0.2, 0.25) is 0 Å². The number of nitrogens with one attached hydrogen (secondary N) is 1. The van der Waals surface area contributed by atoms with Crippen LogP contribution in [0.1, 0.15) is 17.9 Å². The van der Waals surface area contributed by atoms with Gasteiger partial charge in [0.15, 0.2) is 17.5 Å². The molecule has 0 unspecified atom stereocenters. The average molecular weight is 338 g/mol. The first-order chi connectivity index (χ1) is 11.4. The Labute approximate surface area is 137 Å². The van der Waals surface area contributed by atoms with Crippen LogP contribution in [0.3, 0.4) is 0 Å². The molecule has 128 valence electrons. The molecule has 1 heterocycles. The van der Waals surface area contributed by atoms with Crippen LogP contribution in [0, 0.1) is 28.8 Å². The monoisotopic (exact) mass is 338 g/mol. The van der Waals surface area contributed by atoms with Crippen molar-refractivity contribution in [1.82, 2.24) is 15.1 Å². The van der Waals surface area contributed by atoms with Crippen LogP contribution >= 0.6 is 0 Å². The van der Waals surface area contributed by atoms with Crippen LogP contribution in [0.15, 0.2) is 12.1 Å². The number of nitrogens with zero attached hydrogens (tertiary/aromatic N) is 3. The van der Waals surface area contributed by atoms with Gasteiger partial charge in [-0.3, -0.25) is 4.90 Å². The molecular weight excluding hydrogens is 321 g/mol. The first-order valence-corrected chi connectivity index (χ1v) is 7.70. The van der Waals surface area contributed by atoms with Gasteiger partial charge in [0.2, 0.25) is 0 Å². The lowest BCUT2D eigenvalue weighted by molar-refractivity contribution is 0.132. The normalized spacial score (nSPS) is 26.8. The second-order valence-electron chi connectivity index (χ2n) is 6.27. The van der Waals surface area contributed by atoms with Gasteiger partial charge in [0.1, 0.15) is 6.04 Å².